The Kier molecular flexibility index (Phi) is 2.54. The number of ether oxygens (including phenoxy) is 2. The van der Waals surface area contributed by atoms with Crippen LogP contribution in [0.1, 0.15) is 23.7 Å². The Balaban J connectivity index is 1.57. The highest BCUT2D eigenvalue weighted by Crippen LogP contribution is 2.43. The van der Waals surface area contributed by atoms with Gasteiger partial charge < -0.3 is 14.8 Å². The molecule has 108 valence electrons. The van der Waals surface area contributed by atoms with Gasteiger partial charge in [-0.1, -0.05) is 6.07 Å². The van der Waals surface area contributed by atoms with Crippen molar-refractivity contribution in [3.63, 3.8) is 0 Å². The van der Waals surface area contributed by atoms with Crippen molar-refractivity contribution in [3.05, 3.63) is 47.8 Å². The number of anilines is 1. The Morgan fingerprint density at radius 1 is 1.19 bits per heavy atom. The molecule has 0 radical (unpaired) electrons. The topological polar surface area (TPSA) is 43.4 Å². The number of nitrogens with one attached hydrogen (secondary N) is 1. The Bertz CT molecular complexity index is 706. The normalized spacial score (nSPS) is 21.1. The molecule has 0 fully saturated rings. The van der Waals surface area contributed by atoms with Crippen LogP contribution in [0, 0.1) is 0 Å². The van der Waals surface area contributed by atoms with Gasteiger partial charge in [0.2, 0.25) is 0 Å². The summed E-state index contributed by atoms with van der Waals surface area (Å²) < 4.78 is 34.8. The summed E-state index contributed by atoms with van der Waals surface area (Å²) in [6, 6.07) is 8.77. The monoisotopic (exact) mass is 290 g/mol. The van der Waals surface area contributed by atoms with Crippen molar-refractivity contribution >= 4 is 5.69 Å². The van der Waals surface area contributed by atoms with Crippen molar-refractivity contribution in [2.75, 3.05) is 5.32 Å². The molecule has 1 aromatic carbocycles. The van der Waals surface area contributed by atoms with Gasteiger partial charge in [0.15, 0.2) is 11.5 Å². The predicted octanol–water partition coefficient (Wildman–Crippen LogP) is 3.50. The number of rotatable bonds is 2. The number of hydrogen-bond donors (Lipinski definition) is 1. The summed E-state index contributed by atoms with van der Waals surface area (Å²) in [5.74, 6) is 0.0970. The van der Waals surface area contributed by atoms with Crippen LogP contribution in [0.2, 0.25) is 0 Å². The Morgan fingerprint density at radius 2 is 2.05 bits per heavy atom. The van der Waals surface area contributed by atoms with E-state index in [0.29, 0.717) is 5.69 Å². The summed E-state index contributed by atoms with van der Waals surface area (Å²) in [5, 5.41) is 3.31. The highest BCUT2D eigenvalue weighted by atomic mass is 19.3. The van der Waals surface area contributed by atoms with Crippen LogP contribution in [0.5, 0.6) is 11.5 Å². The van der Waals surface area contributed by atoms with E-state index in [1.54, 1.807) is 12.3 Å². The molecule has 1 aliphatic heterocycles. The van der Waals surface area contributed by atoms with Crippen molar-refractivity contribution in [1.29, 1.82) is 0 Å². The molecule has 2 heterocycles. The first-order valence-corrected chi connectivity index (χ1v) is 6.71. The van der Waals surface area contributed by atoms with E-state index in [0.717, 1.165) is 18.5 Å². The Morgan fingerprint density at radius 3 is 2.95 bits per heavy atom. The second-order valence-corrected chi connectivity index (χ2v) is 5.11. The highest BCUT2D eigenvalue weighted by Gasteiger charge is 2.43. The lowest BCUT2D eigenvalue weighted by Crippen LogP contribution is -2.25. The van der Waals surface area contributed by atoms with E-state index in [-0.39, 0.29) is 17.5 Å². The number of benzene rings is 1. The molecular weight excluding hydrogens is 278 g/mol. The van der Waals surface area contributed by atoms with Gasteiger partial charge in [-0.2, -0.15) is 0 Å². The molecule has 2 aromatic rings. The van der Waals surface area contributed by atoms with E-state index in [1.807, 2.05) is 6.07 Å². The van der Waals surface area contributed by atoms with E-state index < -0.39 is 6.29 Å². The van der Waals surface area contributed by atoms with Crippen molar-refractivity contribution in [3.8, 4) is 11.5 Å². The quantitative estimate of drug-likeness (QED) is 0.919. The lowest BCUT2D eigenvalue weighted by molar-refractivity contribution is -0.286. The molecular formula is C15H12F2N2O2. The molecule has 6 heteroatoms. The van der Waals surface area contributed by atoms with Crippen LogP contribution in [-0.4, -0.2) is 11.3 Å². The molecule has 1 aromatic heterocycles. The number of alkyl halides is 2. The molecule has 1 atom stereocenters. The lowest BCUT2D eigenvalue weighted by Gasteiger charge is -2.14. The van der Waals surface area contributed by atoms with Gasteiger partial charge in [-0.05, 0) is 36.6 Å². The minimum Gasteiger partial charge on any atom is -0.395 e. The van der Waals surface area contributed by atoms with Crippen LogP contribution in [0.15, 0.2) is 36.5 Å². The summed E-state index contributed by atoms with van der Waals surface area (Å²) in [6.45, 7) is 0. The van der Waals surface area contributed by atoms with Gasteiger partial charge >= 0.3 is 6.29 Å². The summed E-state index contributed by atoms with van der Waals surface area (Å²) >= 11 is 0. The number of aromatic nitrogens is 1. The smallest absolute Gasteiger partial charge is 0.395 e. The third kappa shape index (κ3) is 2.16. The maximum Gasteiger partial charge on any atom is 0.586 e. The van der Waals surface area contributed by atoms with Crippen LogP contribution in [0.4, 0.5) is 14.5 Å². The van der Waals surface area contributed by atoms with Crippen molar-refractivity contribution < 1.29 is 18.3 Å². The lowest BCUT2D eigenvalue weighted by atomic mass is 10.2. The third-order valence-corrected chi connectivity index (χ3v) is 3.70. The van der Waals surface area contributed by atoms with Gasteiger partial charge in [-0.15, -0.1) is 8.78 Å². The zero-order valence-electron chi connectivity index (χ0n) is 11.0. The fraction of sp³-hybridized carbons (Fsp3) is 0.267. The molecule has 0 amide bonds. The standard InChI is InChI=1S/C15H12F2N2O2/c16-15(17)20-12-6-4-10(8-13(12)21-15)19-11-5-3-9-2-1-7-18-14(9)11/h1-2,4,6-8,11,19H,3,5H2. The van der Waals surface area contributed by atoms with Crippen LogP contribution >= 0.6 is 0 Å². The Labute approximate surface area is 119 Å². The van der Waals surface area contributed by atoms with E-state index in [9.17, 15) is 8.78 Å². The van der Waals surface area contributed by atoms with Gasteiger partial charge in [0.05, 0.1) is 11.7 Å². The van der Waals surface area contributed by atoms with Crippen LogP contribution in [-0.2, 0) is 6.42 Å². The van der Waals surface area contributed by atoms with E-state index in [2.05, 4.69) is 25.8 Å². The predicted molar refractivity (Wildman–Crippen MR) is 71.6 cm³/mol. The molecule has 2 aliphatic rings. The summed E-state index contributed by atoms with van der Waals surface area (Å²) in [6.07, 6.45) is 0.0713. The third-order valence-electron chi connectivity index (χ3n) is 3.70. The fourth-order valence-electron chi connectivity index (χ4n) is 2.79. The van der Waals surface area contributed by atoms with Gasteiger partial charge in [0.1, 0.15) is 0 Å². The number of aryl methyl sites for hydroxylation is 1. The molecule has 4 rings (SSSR count). The molecule has 21 heavy (non-hydrogen) atoms. The van der Waals surface area contributed by atoms with Crippen LogP contribution in [0.3, 0.4) is 0 Å². The van der Waals surface area contributed by atoms with Crippen molar-refractivity contribution in [2.24, 2.45) is 0 Å². The average molecular weight is 290 g/mol. The number of hydrogen-bond acceptors (Lipinski definition) is 4. The highest BCUT2D eigenvalue weighted by molar-refractivity contribution is 5.57. The minimum atomic E-state index is -3.58. The van der Waals surface area contributed by atoms with Crippen LogP contribution in [0.25, 0.3) is 0 Å². The molecule has 0 saturated carbocycles. The molecule has 4 nitrogen and oxygen atoms in total. The number of pyridine rings is 1. The molecule has 1 N–H and O–H groups in total. The van der Waals surface area contributed by atoms with E-state index >= 15 is 0 Å². The number of halogens is 2. The number of fused-ring (bicyclic) bond motifs is 2. The van der Waals surface area contributed by atoms with E-state index in [1.165, 1.54) is 17.7 Å². The molecule has 1 aliphatic carbocycles. The largest absolute Gasteiger partial charge is 0.586 e. The second kappa shape index (κ2) is 4.31. The second-order valence-electron chi connectivity index (χ2n) is 5.11. The van der Waals surface area contributed by atoms with Crippen molar-refractivity contribution in [1.82, 2.24) is 4.98 Å². The van der Waals surface area contributed by atoms with E-state index in [4.69, 9.17) is 0 Å². The first kappa shape index (κ1) is 12.4. The summed E-state index contributed by atoms with van der Waals surface area (Å²) in [7, 11) is 0. The van der Waals surface area contributed by atoms with Gasteiger partial charge in [0, 0.05) is 18.0 Å². The molecule has 0 saturated heterocycles. The van der Waals surface area contributed by atoms with Gasteiger partial charge in [-0.3, -0.25) is 4.98 Å². The fourth-order valence-corrected chi connectivity index (χ4v) is 2.79. The first-order chi connectivity index (χ1) is 10.1. The average Bonchev–Trinajstić information content (AvgIpc) is 2.98. The van der Waals surface area contributed by atoms with Crippen molar-refractivity contribution in [2.45, 2.75) is 25.2 Å². The molecule has 0 bridgehead atoms. The zero-order valence-corrected chi connectivity index (χ0v) is 11.0. The maximum atomic E-state index is 13.0. The minimum absolute atomic E-state index is 0.0456. The maximum absolute atomic E-state index is 13.0. The SMILES string of the molecule is FC1(F)Oc2ccc(NC3CCc4cccnc43)cc2O1. The van der Waals surface area contributed by atoms with Gasteiger partial charge in [-0.25, -0.2) is 0 Å². The Hall–Kier alpha value is -2.37. The number of nitrogens with zero attached hydrogens (tertiary/aromatic N) is 1. The molecule has 1 unspecified atom stereocenters. The summed E-state index contributed by atoms with van der Waals surface area (Å²) in [4.78, 5) is 4.39. The summed E-state index contributed by atoms with van der Waals surface area (Å²) in [5.41, 5.74) is 2.95. The zero-order chi connectivity index (χ0) is 14.4. The first-order valence-electron chi connectivity index (χ1n) is 6.71. The molecule has 0 spiro atoms. The van der Waals surface area contributed by atoms with Crippen LogP contribution < -0.4 is 14.8 Å². The van der Waals surface area contributed by atoms with Gasteiger partial charge in [0.25, 0.3) is 0 Å².